The van der Waals surface area contributed by atoms with Crippen molar-refractivity contribution in [3.05, 3.63) is 64.7 Å². The Bertz CT molecular complexity index is 590. The molecule has 2 aromatic rings. The van der Waals surface area contributed by atoms with Crippen molar-refractivity contribution in [1.82, 2.24) is 0 Å². The van der Waals surface area contributed by atoms with E-state index < -0.39 is 0 Å². The van der Waals surface area contributed by atoms with Gasteiger partial charge in [-0.2, -0.15) is 0 Å². The fourth-order valence-electron chi connectivity index (χ4n) is 2.62. The Morgan fingerprint density at radius 3 is 2.52 bits per heavy atom. The topological polar surface area (TPSA) is 29.5 Å². The summed E-state index contributed by atoms with van der Waals surface area (Å²) in [6, 6.07) is 14.6. The average Bonchev–Trinajstić information content (AvgIpc) is 2.45. The summed E-state index contributed by atoms with van der Waals surface area (Å²) in [4.78, 5) is 0. The van der Waals surface area contributed by atoms with Gasteiger partial charge in [-0.3, -0.25) is 0 Å². The molecule has 1 unspecified atom stereocenters. The highest BCUT2D eigenvalue weighted by Gasteiger charge is 2.10. The highest BCUT2D eigenvalue weighted by atomic mass is 16.5. The standard InChI is InChI=1S/C19H24O2/c1-14-5-4-6-16(11-14)8-9-18(20)13-17-12-15(2)7-10-19(17)21-3/h4-7,10-12,18,20H,8-9,13H2,1-3H3. The van der Waals surface area contributed by atoms with Crippen LogP contribution in [-0.4, -0.2) is 18.3 Å². The quantitative estimate of drug-likeness (QED) is 0.873. The smallest absolute Gasteiger partial charge is 0.122 e. The van der Waals surface area contributed by atoms with E-state index in [9.17, 15) is 5.11 Å². The first-order valence-electron chi connectivity index (χ1n) is 7.45. The summed E-state index contributed by atoms with van der Waals surface area (Å²) in [6.07, 6.45) is 1.95. The van der Waals surface area contributed by atoms with Gasteiger partial charge in [0, 0.05) is 6.42 Å². The van der Waals surface area contributed by atoms with E-state index in [2.05, 4.69) is 44.2 Å². The lowest BCUT2D eigenvalue weighted by atomic mass is 9.99. The van der Waals surface area contributed by atoms with Crippen LogP contribution in [0.3, 0.4) is 0 Å². The van der Waals surface area contributed by atoms with Gasteiger partial charge in [-0.05, 0) is 43.9 Å². The second-order valence-electron chi connectivity index (χ2n) is 5.70. The number of hydrogen-bond donors (Lipinski definition) is 1. The maximum atomic E-state index is 10.3. The second-order valence-corrected chi connectivity index (χ2v) is 5.70. The minimum absolute atomic E-state index is 0.346. The van der Waals surface area contributed by atoms with E-state index in [1.54, 1.807) is 7.11 Å². The fraction of sp³-hybridized carbons (Fsp3) is 0.368. The predicted octanol–water partition coefficient (Wildman–Crippen LogP) is 3.85. The van der Waals surface area contributed by atoms with Gasteiger partial charge in [0.2, 0.25) is 0 Å². The van der Waals surface area contributed by atoms with Crippen molar-refractivity contribution in [2.45, 2.75) is 39.2 Å². The minimum atomic E-state index is -0.346. The fourth-order valence-corrected chi connectivity index (χ4v) is 2.62. The third-order valence-electron chi connectivity index (χ3n) is 3.74. The van der Waals surface area contributed by atoms with Crippen molar-refractivity contribution >= 4 is 0 Å². The van der Waals surface area contributed by atoms with Crippen molar-refractivity contribution in [2.24, 2.45) is 0 Å². The van der Waals surface area contributed by atoms with Gasteiger partial charge in [0.15, 0.2) is 0 Å². The SMILES string of the molecule is COc1ccc(C)cc1CC(O)CCc1cccc(C)c1. The molecule has 0 amide bonds. The van der Waals surface area contributed by atoms with Crippen molar-refractivity contribution < 1.29 is 9.84 Å². The Kier molecular flexibility index (Phi) is 5.40. The number of benzene rings is 2. The summed E-state index contributed by atoms with van der Waals surface area (Å²) in [7, 11) is 1.67. The van der Waals surface area contributed by atoms with Gasteiger partial charge in [-0.1, -0.05) is 47.5 Å². The molecule has 0 aliphatic heterocycles. The zero-order chi connectivity index (χ0) is 15.2. The summed E-state index contributed by atoms with van der Waals surface area (Å²) in [6.45, 7) is 4.15. The molecule has 1 atom stereocenters. The zero-order valence-electron chi connectivity index (χ0n) is 13.1. The molecule has 2 nitrogen and oxygen atoms in total. The summed E-state index contributed by atoms with van der Waals surface area (Å²) in [5, 5.41) is 10.3. The van der Waals surface area contributed by atoms with Gasteiger partial charge in [-0.15, -0.1) is 0 Å². The number of aliphatic hydroxyl groups is 1. The molecule has 1 N–H and O–H groups in total. The van der Waals surface area contributed by atoms with Crippen molar-refractivity contribution in [2.75, 3.05) is 7.11 Å². The van der Waals surface area contributed by atoms with Crippen molar-refractivity contribution in [3.8, 4) is 5.75 Å². The van der Waals surface area contributed by atoms with Gasteiger partial charge in [0.1, 0.15) is 5.75 Å². The molecule has 0 radical (unpaired) electrons. The second kappa shape index (κ2) is 7.28. The van der Waals surface area contributed by atoms with Gasteiger partial charge in [-0.25, -0.2) is 0 Å². The molecule has 0 saturated carbocycles. The average molecular weight is 284 g/mol. The van der Waals surface area contributed by atoms with E-state index in [1.165, 1.54) is 16.7 Å². The number of aryl methyl sites for hydroxylation is 3. The van der Waals surface area contributed by atoms with E-state index >= 15 is 0 Å². The van der Waals surface area contributed by atoms with Crippen LogP contribution in [0.1, 0.15) is 28.7 Å². The van der Waals surface area contributed by atoms with E-state index in [1.807, 2.05) is 12.1 Å². The summed E-state index contributed by atoms with van der Waals surface area (Å²) >= 11 is 0. The van der Waals surface area contributed by atoms with Gasteiger partial charge < -0.3 is 9.84 Å². The van der Waals surface area contributed by atoms with Crippen LogP contribution in [0.4, 0.5) is 0 Å². The Labute approximate surface area is 127 Å². The highest BCUT2D eigenvalue weighted by Crippen LogP contribution is 2.22. The molecule has 2 aromatic carbocycles. The third-order valence-corrected chi connectivity index (χ3v) is 3.74. The molecule has 0 aliphatic rings. The van der Waals surface area contributed by atoms with Crippen LogP contribution in [0.25, 0.3) is 0 Å². The Morgan fingerprint density at radius 2 is 1.81 bits per heavy atom. The first-order valence-corrected chi connectivity index (χ1v) is 7.45. The minimum Gasteiger partial charge on any atom is -0.496 e. The molecular weight excluding hydrogens is 260 g/mol. The Balaban J connectivity index is 1.95. The number of aliphatic hydroxyl groups excluding tert-OH is 1. The predicted molar refractivity (Wildman–Crippen MR) is 86.9 cm³/mol. The highest BCUT2D eigenvalue weighted by molar-refractivity contribution is 5.37. The molecule has 2 heteroatoms. The molecule has 21 heavy (non-hydrogen) atoms. The molecule has 0 bridgehead atoms. The number of rotatable bonds is 6. The first kappa shape index (κ1) is 15.6. The van der Waals surface area contributed by atoms with Crippen LogP contribution in [0, 0.1) is 13.8 Å². The van der Waals surface area contributed by atoms with E-state index in [4.69, 9.17) is 4.74 Å². The third kappa shape index (κ3) is 4.61. The van der Waals surface area contributed by atoms with Crippen LogP contribution in [0.2, 0.25) is 0 Å². The van der Waals surface area contributed by atoms with Crippen molar-refractivity contribution in [3.63, 3.8) is 0 Å². The molecule has 112 valence electrons. The first-order chi connectivity index (χ1) is 10.1. The van der Waals surface area contributed by atoms with E-state index in [-0.39, 0.29) is 6.10 Å². The number of methoxy groups -OCH3 is 1. The number of hydrogen-bond acceptors (Lipinski definition) is 2. The maximum absolute atomic E-state index is 10.3. The van der Waals surface area contributed by atoms with Crippen LogP contribution < -0.4 is 4.74 Å². The van der Waals surface area contributed by atoms with Crippen LogP contribution >= 0.6 is 0 Å². The van der Waals surface area contributed by atoms with Crippen LogP contribution in [-0.2, 0) is 12.8 Å². The molecule has 0 fully saturated rings. The largest absolute Gasteiger partial charge is 0.496 e. The molecule has 0 heterocycles. The van der Waals surface area contributed by atoms with E-state index in [0.717, 1.165) is 24.2 Å². The lowest BCUT2D eigenvalue weighted by molar-refractivity contribution is 0.164. The summed E-state index contributed by atoms with van der Waals surface area (Å²) in [5.74, 6) is 0.857. The molecule has 0 aromatic heterocycles. The Morgan fingerprint density at radius 1 is 1.05 bits per heavy atom. The molecular formula is C19H24O2. The zero-order valence-corrected chi connectivity index (χ0v) is 13.1. The van der Waals surface area contributed by atoms with Crippen LogP contribution in [0.5, 0.6) is 5.75 Å². The normalized spacial score (nSPS) is 12.2. The number of ether oxygens (including phenoxy) is 1. The lowest BCUT2D eigenvalue weighted by Crippen LogP contribution is -2.12. The van der Waals surface area contributed by atoms with Gasteiger partial charge >= 0.3 is 0 Å². The molecule has 0 spiro atoms. The Hall–Kier alpha value is -1.80. The summed E-state index contributed by atoms with van der Waals surface area (Å²) < 4.78 is 5.37. The molecule has 0 aliphatic carbocycles. The van der Waals surface area contributed by atoms with Gasteiger partial charge in [0.05, 0.1) is 13.2 Å². The van der Waals surface area contributed by atoms with Crippen LogP contribution in [0.15, 0.2) is 42.5 Å². The molecule has 0 saturated heterocycles. The maximum Gasteiger partial charge on any atom is 0.122 e. The van der Waals surface area contributed by atoms with Crippen molar-refractivity contribution in [1.29, 1.82) is 0 Å². The van der Waals surface area contributed by atoms with Gasteiger partial charge in [0.25, 0.3) is 0 Å². The lowest BCUT2D eigenvalue weighted by Gasteiger charge is -2.14. The van der Waals surface area contributed by atoms with E-state index in [0.29, 0.717) is 6.42 Å². The molecule has 2 rings (SSSR count). The summed E-state index contributed by atoms with van der Waals surface area (Å²) in [5.41, 5.74) is 4.82. The monoisotopic (exact) mass is 284 g/mol.